The average Bonchev–Trinajstić information content (AvgIpc) is 2.69. The number of benzene rings is 1. The molecule has 0 fully saturated rings. The molecule has 5 heteroatoms. The Morgan fingerprint density at radius 2 is 2.20 bits per heavy atom. The van der Waals surface area contributed by atoms with Crippen molar-refractivity contribution in [2.24, 2.45) is 0 Å². The zero-order valence-corrected chi connectivity index (χ0v) is 10.9. The normalized spacial score (nSPS) is 10.3. The van der Waals surface area contributed by atoms with Crippen molar-refractivity contribution >= 4 is 37.5 Å². The van der Waals surface area contributed by atoms with E-state index >= 15 is 0 Å². The van der Waals surface area contributed by atoms with Crippen LogP contribution >= 0.6 is 31.9 Å². The van der Waals surface area contributed by atoms with Crippen molar-refractivity contribution in [3.63, 3.8) is 0 Å². The van der Waals surface area contributed by atoms with Gasteiger partial charge in [-0.15, -0.1) is 0 Å². The summed E-state index contributed by atoms with van der Waals surface area (Å²) in [6.07, 6.45) is 3.12. The Balaban J connectivity index is 2.05. The van der Waals surface area contributed by atoms with Crippen LogP contribution in [0.25, 0.3) is 0 Å². The number of rotatable bonds is 3. The van der Waals surface area contributed by atoms with Gasteiger partial charge in [-0.25, -0.2) is 4.98 Å². The summed E-state index contributed by atoms with van der Waals surface area (Å²) in [6.45, 7) is 0.625. The number of oxazole rings is 1. The molecule has 0 amide bonds. The standard InChI is InChI=1S/C10H8Br2N2O/c11-7-1-2-10(9(12)3-7)14-5-8-4-13-6-15-8/h1-4,6,14H,5H2. The molecule has 0 spiro atoms. The van der Waals surface area contributed by atoms with Crippen LogP contribution in [0.5, 0.6) is 0 Å². The summed E-state index contributed by atoms with van der Waals surface area (Å²) in [5.74, 6) is 0.810. The van der Waals surface area contributed by atoms with Crippen molar-refractivity contribution in [2.45, 2.75) is 6.54 Å². The molecule has 3 nitrogen and oxygen atoms in total. The first-order valence-corrected chi connectivity index (χ1v) is 5.90. The molecule has 0 saturated heterocycles. The van der Waals surface area contributed by atoms with Gasteiger partial charge in [-0.1, -0.05) is 15.9 Å². The number of nitrogens with zero attached hydrogens (tertiary/aromatic N) is 1. The maximum Gasteiger partial charge on any atom is 0.180 e. The summed E-state index contributed by atoms with van der Waals surface area (Å²) in [5, 5.41) is 3.24. The van der Waals surface area contributed by atoms with Gasteiger partial charge < -0.3 is 9.73 Å². The van der Waals surface area contributed by atoms with E-state index in [1.165, 1.54) is 6.39 Å². The molecule has 1 heterocycles. The third kappa shape index (κ3) is 2.82. The van der Waals surface area contributed by atoms with Crippen molar-refractivity contribution in [3.05, 3.63) is 45.5 Å². The van der Waals surface area contributed by atoms with Crippen molar-refractivity contribution in [3.8, 4) is 0 Å². The van der Waals surface area contributed by atoms with Crippen molar-refractivity contribution in [2.75, 3.05) is 5.32 Å². The molecule has 0 aliphatic rings. The van der Waals surface area contributed by atoms with Gasteiger partial charge >= 0.3 is 0 Å². The maximum absolute atomic E-state index is 5.12. The lowest BCUT2D eigenvalue weighted by atomic mass is 10.3. The Kier molecular flexibility index (Phi) is 3.43. The van der Waals surface area contributed by atoms with Crippen LogP contribution in [0.2, 0.25) is 0 Å². The van der Waals surface area contributed by atoms with Crippen LogP contribution in [-0.4, -0.2) is 4.98 Å². The first-order chi connectivity index (χ1) is 7.25. The van der Waals surface area contributed by atoms with Crippen LogP contribution < -0.4 is 5.32 Å². The molecule has 0 radical (unpaired) electrons. The summed E-state index contributed by atoms with van der Waals surface area (Å²) in [6, 6.07) is 5.96. The Morgan fingerprint density at radius 3 is 2.87 bits per heavy atom. The zero-order chi connectivity index (χ0) is 10.7. The highest BCUT2D eigenvalue weighted by Gasteiger charge is 2.01. The van der Waals surface area contributed by atoms with Crippen molar-refractivity contribution in [1.82, 2.24) is 4.98 Å². The van der Waals surface area contributed by atoms with Gasteiger partial charge in [-0.3, -0.25) is 0 Å². The fourth-order valence-electron chi connectivity index (χ4n) is 1.14. The largest absolute Gasteiger partial charge is 0.447 e. The summed E-state index contributed by atoms with van der Waals surface area (Å²) in [7, 11) is 0. The first-order valence-electron chi connectivity index (χ1n) is 4.32. The summed E-state index contributed by atoms with van der Waals surface area (Å²) in [5.41, 5.74) is 1.02. The molecule has 0 bridgehead atoms. The van der Waals surface area contributed by atoms with Crippen LogP contribution in [0.4, 0.5) is 5.69 Å². The molecule has 78 valence electrons. The van der Waals surface area contributed by atoms with Crippen LogP contribution in [0, 0.1) is 0 Å². The van der Waals surface area contributed by atoms with E-state index in [-0.39, 0.29) is 0 Å². The smallest absolute Gasteiger partial charge is 0.180 e. The minimum atomic E-state index is 0.625. The molecular formula is C10H8Br2N2O. The number of hydrogen-bond acceptors (Lipinski definition) is 3. The van der Waals surface area contributed by atoms with Crippen LogP contribution in [0.1, 0.15) is 5.76 Å². The number of hydrogen-bond donors (Lipinski definition) is 1. The van der Waals surface area contributed by atoms with Gasteiger partial charge in [0.25, 0.3) is 0 Å². The third-order valence-corrected chi connectivity index (χ3v) is 3.02. The van der Waals surface area contributed by atoms with E-state index in [2.05, 4.69) is 42.2 Å². The van der Waals surface area contributed by atoms with Gasteiger partial charge in [0.05, 0.1) is 12.7 Å². The lowest BCUT2D eigenvalue weighted by molar-refractivity contribution is 0.511. The highest BCUT2D eigenvalue weighted by atomic mass is 79.9. The minimum absolute atomic E-state index is 0.625. The lowest BCUT2D eigenvalue weighted by Gasteiger charge is -2.06. The molecular weight excluding hydrogens is 324 g/mol. The van der Waals surface area contributed by atoms with E-state index in [0.717, 1.165) is 20.4 Å². The first kappa shape index (κ1) is 10.7. The van der Waals surface area contributed by atoms with Crippen LogP contribution in [-0.2, 0) is 6.54 Å². The number of nitrogens with one attached hydrogen (secondary N) is 1. The number of anilines is 1. The second-order valence-electron chi connectivity index (χ2n) is 2.95. The number of halogens is 2. The fraction of sp³-hybridized carbons (Fsp3) is 0.100. The van der Waals surface area contributed by atoms with Gasteiger partial charge in [-0.05, 0) is 34.1 Å². The molecule has 15 heavy (non-hydrogen) atoms. The summed E-state index contributed by atoms with van der Waals surface area (Å²) < 4.78 is 7.17. The molecule has 0 saturated carbocycles. The van der Waals surface area contributed by atoms with Crippen molar-refractivity contribution < 1.29 is 4.42 Å². The Labute approximate surface area is 104 Å². The van der Waals surface area contributed by atoms with Crippen LogP contribution in [0.15, 0.2) is 44.2 Å². The van der Waals surface area contributed by atoms with E-state index in [9.17, 15) is 0 Å². The predicted octanol–water partition coefficient (Wildman–Crippen LogP) is 3.81. The minimum Gasteiger partial charge on any atom is -0.447 e. The lowest BCUT2D eigenvalue weighted by Crippen LogP contribution is -1.98. The van der Waals surface area contributed by atoms with E-state index in [1.54, 1.807) is 6.20 Å². The van der Waals surface area contributed by atoms with E-state index < -0.39 is 0 Å². The second kappa shape index (κ2) is 4.81. The fourth-order valence-corrected chi connectivity index (χ4v) is 2.33. The van der Waals surface area contributed by atoms with Gasteiger partial charge in [0, 0.05) is 14.6 Å². The van der Waals surface area contributed by atoms with E-state index in [4.69, 9.17) is 4.42 Å². The van der Waals surface area contributed by atoms with Gasteiger partial charge in [0.1, 0.15) is 5.76 Å². The summed E-state index contributed by atoms with van der Waals surface area (Å²) in [4.78, 5) is 3.85. The second-order valence-corrected chi connectivity index (χ2v) is 4.72. The van der Waals surface area contributed by atoms with Crippen LogP contribution in [0.3, 0.4) is 0 Å². The summed E-state index contributed by atoms with van der Waals surface area (Å²) >= 11 is 6.87. The Morgan fingerprint density at radius 1 is 1.33 bits per heavy atom. The molecule has 0 aliphatic carbocycles. The topological polar surface area (TPSA) is 38.1 Å². The highest BCUT2D eigenvalue weighted by molar-refractivity contribution is 9.11. The molecule has 0 atom stereocenters. The molecule has 0 aliphatic heterocycles. The maximum atomic E-state index is 5.12. The quantitative estimate of drug-likeness (QED) is 0.929. The molecule has 1 aromatic heterocycles. The Hall–Kier alpha value is -0.810. The van der Waals surface area contributed by atoms with Gasteiger partial charge in [0.15, 0.2) is 6.39 Å². The average molecular weight is 332 g/mol. The molecule has 0 unspecified atom stereocenters. The Bertz CT molecular complexity index is 443. The monoisotopic (exact) mass is 330 g/mol. The van der Waals surface area contributed by atoms with E-state index in [1.807, 2.05) is 18.2 Å². The predicted molar refractivity (Wildman–Crippen MR) is 65.7 cm³/mol. The van der Waals surface area contributed by atoms with Gasteiger partial charge in [0.2, 0.25) is 0 Å². The zero-order valence-electron chi connectivity index (χ0n) is 7.71. The van der Waals surface area contributed by atoms with E-state index in [0.29, 0.717) is 6.54 Å². The molecule has 2 rings (SSSR count). The highest BCUT2D eigenvalue weighted by Crippen LogP contribution is 2.26. The molecule has 1 aromatic carbocycles. The third-order valence-electron chi connectivity index (χ3n) is 1.87. The molecule has 2 aromatic rings. The number of aromatic nitrogens is 1. The SMILES string of the molecule is Brc1ccc(NCc2cnco2)c(Br)c1. The van der Waals surface area contributed by atoms with Crippen molar-refractivity contribution in [1.29, 1.82) is 0 Å². The molecule has 1 N–H and O–H groups in total. The van der Waals surface area contributed by atoms with Gasteiger partial charge in [-0.2, -0.15) is 0 Å².